The summed E-state index contributed by atoms with van der Waals surface area (Å²) in [4.78, 5) is 12.8. The molecule has 0 saturated heterocycles. The monoisotopic (exact) mass is 389 g/mol. The molecule has 0 heterocycles. The van der Waals surface area contributed by atoms with E-state index in [0.717, 1.165) is 17.4 Å². The van der Waals surface area contributed by atoms with Crippen LogP contribution in [0.15, 0.2) is 22.7 Å². The van der Waals surface area contributed by atoms with Gasteiger partial charge >= 0.3 is 0 Å². The molecule has 1 saturated carbocycles. The van der Waals surface area contributed by atoms with E-state index in [9.17, 15) is 4.79 Å². The van der Waals surface area contributed by atoms with Crippen LogP contribution in [0.2, 0.25) is 0 Å². The van der Waals surface area contributed by atoms with E-state index in [1.54, 1.807) is 13.2 Å². The normalized spacial score (nSPS) is 22.3. The number of nitrogens with one attached hydrogen (secondary N) is 1. The Labute approximate surface area is 130 Å². The maximum atomic E-state index is 12.2. The first kappa shape index (κ1) is 14.9. The first-order chi connectivity index (χ1) is 9.10. The molecule has 0 bridgehead atoms. The number of halogens is 2. The first-order valence-electron chi connectivity index (χ1n) is 6.36. The second-order valence-corrected chi connectivity index (χ2v) is 6.98. The van der Waals surface area contributed by atoms with Crippen LogP contribution < -0.4 is 10.1 Å². The molecular formula is C14H17Br2NO2. The van der Waals surface area contributed by atoms with Crippen molar-refractivity contribution in [2.75, 3.05) is 13.7 Å². The average Bonchev–Trinajstić information content (AvgIpc) is 2.82. The van der Waals surface area contributed by atoms with Gasteiger partial charge in [-0.2, -0.15) is 0 Å². The lowest BCUT2D eigenvalue weighted by Crippen LogP contribution is -2.28. The molecule has 0 radical (unpaired) electrons. The van der Waals surface area contributed by atoms with E-state index in [4.69, 9.17) is 4.74 Å². The molecule has 1 aromatic carbocycles. The molecule has 2 rings (SSSR count). The zero-order valence-corrected chi connectivity index (χ0v) is 14.0. The lowest BCUT2D eigenvalue weighted by molar-refractivity contribution is 0.0946. The van der Waals surface area contributed by atoms with Crippen LogP contribution in [0.25, 0.3) is 0 Å². The average molecular weight is 391 g/mol. The number of hydrogen-bond donors (Lipinski definition) is 1. The highest BCUT2D eigenvalue weighted by molar-refractivity contribution is 9.10. The fourth-order valence-corrected chi connectivity index (χ4v) is 3.56. The Balaban J connectivity index is 1.96. The zero-order valence-electron chi connectivity index (χ0n) is 10.8. The maximum absolute atomic E-state index is 12.2. The molecule has 104 valence electrons. The van der Waals surface area contributed by atoms with Crippen molar-refractivity contribution in [3.63, 3.8) is 0 Å². The second-order valence-electron chi connectivity index (χ2n) is 4.83. The van der Waals surface area contributed by atoms with Gasteiger partial charge < -0.3 is 10.1 Å². The van der Waals surface area contributed by atoms with Crippen molar-refractivity contribution in [1.29, 1.82) is 0 Å². The fraction of sp³-hybridized carbons (Fsp3) is 0.500. The molecule has 2 unspecified atom stereocenters. The highest BCUT2D eigenvalue weighted by Gasteiger charge is 2.23. The Morgan fingerprint density at radius 1 is 1.47 bits per heavy atom. The minimum Gasteiger partial charge on any atom is -0.497 e. The Bertz CT molecular complexity index is 465. The lowest BCUT2D eigenvalue weighted by Gasteiger charge is -2.12. The van der Waals surface area contributed by atoms with Crippen molar-refractivity contribution in [2.45, 2.75) is 24.1 Å². The van der Waals surface area contributed by atoms with Crippen molar-refractivity contribution >= 4 is 37.8 Å². The summed E-state index contributed by atoms with van der Waals surface area (Å²) in [5.41, 5.74) is 0.618. The van der Waals surface area contributed by atoms with Crippen molar-refractivity contribution in [1.82, 2.24) is 5.32 Å². The SMILES string of the molecule is COc1ccc(Br)c(C(=O)NCC2CCC(Br)C2)c1. The van der Waals surface area contributed by atoms with E-state index in [1.807, 2.05) is 12.1 Å². The van der Waals surface area contributed by atoms with Gasteiger partial charge in [0.2, 0.25) is 0 Å². The van der Waals surface area contributed by atoms with Crippen LogP contribution in [-0.2, 0) is 0 Å². The van der Waals surface area contributed by atoms with Gasteiger partial charge in [-0.15, -0.1) is 0 Å². The minimum atomic E-state index is -0.0520. The third-order valence-corrected chi connectivity index (χ3v) is 4.97. The summed E-state index contributed by atoms with van der Waals surface area (Å²) >= 11 is 7.02. The molecular weight excluding hydrogens is 374 g/mol. The van der Waals surface area contributed by atoms with Gasteiger partial charge in [-0.25, -0.2) is 0 Å². The number of carbonyl (C=O) groups excluding carboxylic acids is 1. The van der Waals surface area contributed by atoms with Gasteiger partial charge in [-0.05, 0) is 59.3 Å². The minimum absolute atomic E-state index is 0.0520. The quantitative estimate of drug-likeness (QED) is 0.795. The second kappa shape index (κ2) is 6.75. The van der Waals surface area contributed by atoms with Crippen LogP contribution >= 0.6 is 31.9 Å². The van der Waals surface area contributed by atoms with Gasteiger partial charge in [-0.1, -0.05) is 15.9 Å². The molecule has 1 fully saturated rings. The third kappa shape index (κ3) is 3.96. The third-order valence-electron chi connectivity index (χ3n) is 3.45. The summed E-state index contributed by atoms with van der Waals surface area (Å²) in [5.74, 6) is 1.22. The first-order valence-corrected chi connectivity index (χ1v) is 8.07. The van der Waals surface area contributed by atoms with Crippen molar-refractivity contribution in [3.8, 4) is 5.75 Å². The molecule has 1 aliphatic carbocycles. The van der Waals surface area contributed by atoms with Gasteiger partial charge in [0.05, 0.1) is 12.7 Å². The molecule has 5 heteroatoms. The summed E-state index contributed by atoms with van der Waals surface area (Å²) in [6.45, 7) is 0.741. The highest BCUT2D eigenvalue weighted by atomic mass is 79.9. The van der Waals surface area contributed by atoms with E-state index in [2.05, 4.69) is 37.2 Å². The van der Waals surface area contributed by atoms with E-state index in [0.29, 0.717) is 22.1 Å². The molecule has 1 aromatic rings. The predicted octanol–water partition coefficient (Wildman–Crippen LogP) is 3.75. The molecule has 1 N–H and O–H groups in total. The number of benzene rings is 1. The Kier molecular flexibility index (Phi) is 5.28. The van der Waals surface area contributed by atoms with Gasteiger partial charge in [0, 0.05) is 15.8 Å². The lowest BCUT2D eigenvalue weighted by atomic mass is 10.1. The predicted molar refractivity (Wildman–Crippen MR) is 83.1 cm³/mol. The number of alkyl halides is 1. The topological polar surface area (TPSA) is 38.3 Å². The Morgan fingerprint density at radius 2 is 2.26 bits per heavy atom. The van der Waals surface area contributed by atoms with Crippen LogP contribution in [0.5, 0.6) is 5.75 Å². The van der Waals surface area contributed by atoms with Crippen molar-refractivity contribution in [2.24, 2.45) is 5.92 Å². The standard InChI is InChI=1S/C14H17Br2NO2/c1-19-11-4-5-13(16)12(7-11)14(18)17-8-9-2-3-10(15)6-9/h4-5,7,9-10H,2-3,6,8H2,1H3,(H,17,18). The van der Waals surface area contributed by atoms with E-state index in [1.165, 1.54) is 12.8 Å². The van der Waals surface area contributed by atoms with Crippen molar-refractivity contribution < 1.29 is 9.53 Å². The van der Waals surface area contributed by atoms with Gasteiger partial charge in [0.1, 0.15) is 5.75 Å². The molecule has 1 aliphatic rings. The van der Waals surface area contributed by atoms with Crippen LogP contribution in [0, 0.1) is 5.92 Å². The summed E-state index contributed by atoms with van der Waals surface area (Å²) in [7, 11) is 1.60. The van der Waals surface area contributed by atoms with E-state index >= 15 is 0 Å². The van der Waals surface area contributed by atoms with Gasteiger partial charge in [0.25, 0.3) is 5.91 Å². The molecule has 3 nitrogen and oxygen atoms in total. The van der Waals surface area contributed by atoms with Gasteiger partial charge in [-0.3, -0.25) is 4.79 Å². The fourth-order valence-electron chi connectivity index (χ4n) is 2.34. The van der Waals surface area contributed by atoms with E-state index in [-0.39, 0.29) is 5.91 Å². The molecule has 2 atom stereocenters. The van der Waals surface area contributed by atoms with E-state index < -0.39 is 0 Å². The maximum Gasteiger partial charge on any atom is 0.252 e. The number of ether oxygens (including phenoxy) is 1. The summed E-state index contributed by atoms with van der Waals surface area (Å²) < 4.78 is 5.93. The highest BCUT2D eigenvalue weighted by Crippen LogP contribution is 2.30. The summed E-state index contributed by atoms with van der Waals surface area (Å²) in [5, 5.41) is 3.01. The molecule has 1 amide bonds. The number of amides is 1. The molecule has 0 aromatic heterocycles. The van der Waals surface area contributed by atoms with Gasteiger partial charge in [0.15, 0.2) is 0 Å². The number of methoxy groups -OCH3 is 1. The number of hydrogen-bond acceptors (Lipinski definition) is 2. The molecule has 19 heavy (non-hydrogen) atoms. The molecule has 0 aliphatic heterocycles. The number of rotatable bonds is 4. The summed E-state index contributed by atoms with van der Waals surface area (Å²) in [6, 6.07) is 5.41. The van der Waals surface area contributed by atoms with Crippen LogP contribution in [0.4, 0.5) is 0 Å². The zero-order chi connectivity index (χ0) is 13.8. The Hall–Kier alpha value is -0.550. The van der Waals surface area contributed by atoms with Crippen molar-refractivity contribution in [3.05, 3.63) is 28.2 Å². The summed E-state index contributed by atoms with van der Waals surface area (Å²) in [6.07, 6.45) is 3.51. The smallest absolute Gasteiger partial charge is 0.252 e. The van der Waals surface area contributed by atoms with Crippen LogP contribution in [-0.4, -0.2) is 24.4 Å². The van der Waals surface area contributed by atoms with Crippen LogP contribution in [0.3, 0.4) is 0 Å². The largest absolute Gasteiger partial charge is 0.497 e. The number of carbonyl (C=O) groups is 1. The Morgan fingerprint density at radius 3 is 2.89 bits per heavy atom. The van der Waals surface area contributed by atoms with Crippen LogP contribution in [0.1, 0.15) is 29.6 Å². The molecule has 0 spiro atoms.